The Morgan fingerprint density at radius 3 is 2.56 bits per heavy atom. The first-order valence-electron chi connectivity index (χ1n) is 10.4. The molecule has 1 aliphatic carbocycles. The number of fused-ring (bicyclic) bond motifs is 4. The SMILES string of the molecule is O=C(CCSc1nnc2c(n1)-c1cccc3cccc-2c13)Nc1ccc2c(c1)OCCO2. The van der Waals surface area contributed by atoms with Crippen LogP contribution >= 0.6 is 11.8 Å². The lowest BCUT2D eigenvalue weighted by molar-refractivity contribution is -0.115. The summed E-state index contributed by atoms with van der Waals surface area (Å²) >= 11 is 1.43. The van der Waals surface area contributed by atoms with Crippen LogP contribution in [0.2, 0.25) is 0 Å². The Hall–Kier alpha value is -3.65. The first-order chi connectivity index (χ1) is 15.8. The van der Waals surface area contributed by atoms with E-state index in [1.54, 1.807) is 6.07 Å². The van der Waals surface area contributed by atoms with Gasteiger partial charge in [-0.25, -0.2) is 4.98 Å². The number of aromatic nitrogens is 3. The second-order valence-corrected chi connectivity index (χ2v) is 8.57. The van der Waals surface area contributed by atoms with E-state index in [2.05, 4.69) is 39.8 Å². The Morgan fingerprint density at radius 2 is 1.72 bits per heavy atom. The van der Waals surface area contributed by atoms with Crippen LogP contribution in [0.3, 0.4) is 0 Å². The van der Waals surface area contributed by atoms with E-state index in [-0.39, 0.29) is 5.91 Å². The number of amides is 1. The fourth-order valence-corrected chi connectivity index (χ4v) is 4.78. The van der Waals surface area contributed by atoms with E-state index in [9.17, 15) is 4.79 Å². The molecule has 0 spiro atoms. The molecule has 4 aromatic rings. The van der Waals surface area contributed by atoms with Crippen LogP contribution in [-0.2, 0) is 4.79 Å². The Kier molecular flexibility index (Phi) is 4.65. The smallest absolute Gasteiger partial charge is 0.225 e. The molecule has 2 aliphatic rings. The van der Waals surface area contributed by atoms with E-state index in [1.807, 2.05) is 24.3 Å². The Balaban J connectivity index is 1.12. The van der Waals surface area contributed by atoms with Crippen molar-refractivity contribution in [3.63, 3.8) is 0 Å². The first-order valence-corrected chi connectivity index (χ1v) is 11.3. The summed E-state index contributed by atoms with van der Waals surface area (Å²) in [7, 11) is 0. The zero-order chi connectivity index (χ0) is 21.5. The molecule has 0 fully saturated rings. The van der Waals surface area contributed by atoms with Gasteiger partial charge in [0, 0.05) is 40.4 Å². The van der Waals surface area contributed by atoms with Crippen molar-refractivity contribution in [3.8, 4) is 34.0 Å². The molecule has 0 saturated heterocycles. The van der Waals surface area contributed by atoms with Crippen molar-refractivity contribution in [2.75, 3.05) is 24.3 Å². The van der Waals surface area contributed by atoms with E-state index in [1.165, 1.54) is 22.5 Å². The van der Waals surface area contributed by atoms with Gasteiger partial charge in [-0.3, -0.25) is 4.79 Å². The summed E-state index contributed by atoms with van der Waals surface area (Å²) in [6.45, 7) is 1.05. The normalized spacial score (nSPS) is 13.1. The molecule has 1 amide bonds. The quantitative estimate of drug-likeness (QED) is 0.399. The zero-order valence-electron chi connectivity index (χ0n) is 17.0. The first kappa shape index (κ1) is 19.1. The summed E-state index contributed by atoms with van der Waals surface area (Å²) in [5, 5.41) is 14.6. The van der Waals surface area contributed by atoms with Crippen LogP contribution in [0.4, 0.5) is 5.69 Å². The van der Waals surface area contributed by atoms with Gasteiger partial charge >= 0.3 is 0 Å². The molecular weight excluding hydrogens is 424 g/mol. The maximum atomic E-state index is 12.4. The van der Waals surface area contributed by atoms with Gasteiger partial charge in [0.15, 0.2) is 11.5 Å². The van der Waals surface area contributed by atoms with Gasteiger partial charge in [0.2, 0.25) is 11.1 Å². The number of rotatable bonds is 5. The molecule has 158 valence electrons. The number of hydrogen-bond acceptors (Lipinski definition) is 7. The molecule has 7 nitrogen and oxygen atoms in total. The van der Waals surface area contributed by atoms with Gasteiger partial charge in [0.25, 0.3) is 0 Å². The molecule has 32 heavy (non-hydrogen) atoms. The number of thioether (sulfide) groups is 1. The van der Waals surface area contributed by atoms with Crippen molar-refractivity contribution in [1.29, 1.82) is 0 Å². The molecule has 6 rings (SSSR count). The average molecular weight is 443 g/mol. The molecule has 8 heteroatoms. The summed E-state index contributed by atoms with van der Waals surface area (Å²) in [5.41, 5.74) is 4.52. The second kappa shape index (κ2) is 7.80. The van der Waals surface area contributed by atoms with Gasteiger partial charge < -0.3 is 14.8 Å². The van der Waals surface area contributed by atoms with Gasteiger partial charge in [-0.05, 0) is 17.5 Å². The molecule has 1 N–H and O–H groups in total. The van der Waals surface area contributed by atoms with Gasteiger partial charge in [-0.2, -0.15) is 0 Å². The van der Waals surface area contributed by atoms with Crippen LogP contribution in [0.5, 0.6) is 11.5 Å². The van der Waals surface area contributed by atoms with E-state index < -0.39 is 0 Å². The van der Waals surface area contributed by atoms with E-state index in [0.717, 1.165) is 22.5 Å². The summed E-state index contributed by atoms with van der Waals surface area (Å²) in [6, 6.07) is 17.8. The molecule has 0 bridgehead atoms. The minimum Gasteiger partial charge on any atom is -0.486 e. The van der Waals surface area contributed by atoms with Crippen molar-refractivity contribution >= 4 is 34.1 Å². The zero-order valence-corrected chi connectivity index (χ0v) is 17.8. The largest absolute Gasteiger partial charge is 0.486 e. The highest BCUT2D eigenvalue weighted by molar-refractivity contribution is 7.99. The van der Waals surface area contributed by atoms with Gasteiger partial charge in [0.05, 0.1) is 0 Å². The van der Waals surface area contributed by atoms with E-state index in [4.69, 9.17) is 14.5 Å². The molecule has 0 saturated carbocycles. The van der Waals surface area contributed by atoms with Crippen molar-refractivity contribution < 1.29 is 14.3 Å². The number of carbonyl (C=O) groups excluding carboxylic acids is 1. The third kappa shape index (κ3) is 3.33. The summed E-state index contributed by atoms with van der Waals surface area (Å²) in [5.74, 6) is 1.81. The molecule has 1 aliphatic heterocycles. The lowest BCUT2D eigenvalue weighted by atomic mass is 10.0. The van der Waals surface area contributed by atoms with Crippen molar-refractivity contribution in [2.24, 2.45) is 0 Å². The van der Waals surface area contributed by atoms with Crippen molar-refractivity contribution in [2.45, 2.75) is 11.6 Å². The molecule has 0 radical (unpaired) electrons. The molecule has 0 atom stereocenters. The highest BCUT2D eigenvalue weighted by Gasteiger charge is 2.24. The van der Waals surface area contributed by atoms with Gasteiger partial charge in [-0.1, -0.05) is 48.2 Å². The summed E-state index contributed by atoms with van der Waals surface area (Å²) in [6.07, 6.45) is 0.329. The third-order valence-corrected chi connectivity index (χ3v) is 6.31. The van der Waals surface area contributed by atoms with E-state index in [0.29, 0.717) is 47.7 Å². The Morgan fingerprint density at radius 1 is 0.938 bits per heavy atom. The van der Waals surface area contributed by atoms with Crippen LogP contribution in [0.1, 0.15) is 6.42 Å². The lowest BCUT2D eigenvalue weighted by Crippen LogP contribution is -2.16. The number of hydrogen-bond donors (Lipinski definition) is 1. The standard InChI is InChI=1S/C24H18N4O3S/c29-20(25-15-7-8-18-19(13-15)31-11-10-30-18)9-12-32-24-26-22-16-5-1-3-14-4-2-6-17(21(14)16)23(22)27-28-24/h1-8,13H,9-12H2,(H,25,29). The minimum absolute atomic E-state index is 0.0829. The number of benzene rings is 3. The highest BCUT2D eigenvalue weighted by Crippen LogP contribution is 2.44. The second-order valence-electron chi connectivity index (χ2n) is 7.51. The summed E-state index contributed by atoms with van der Waals surface area (Å²) in [4.78, 5) is 17.1. The fourth-order valence-electron chi connectivity index (χ4n) is 4.06. The number of carbonyl (C=O) groups is 1. The highest BCUT2D eigenvalue weighted by atomic mass is 32.2. The fraction of sp³-hybridized carbons (Fsp3) is 0.167. The maximum absolute atomic E-state index is 12.4. The van der Waals surface area contributed by atoms with Crippen LogP contribution < -0.4 is 14.8 Å². The minimum atomic E-state index is -0.0829. The molecule has 0 unspecified atom stereocenters. The third-order valence-electron chi connectivity index (χ3n) is 5.47. The predicted molar refractivity (Wildman–Crippen MR) is 123 cm³/mol. The van der Waals surface area contributed by atoms with Crippen LogP contribution in [0, 0.1) is 0 Å². The molecular formula is C24H18N4O3S. The topological polar surface area (TPSA) is 86.2 Å². The summed E-state index contributed by atoms with van der Waals surface area (Å²) < 4.78 is 11.1. The van der Waals surface area contributed by atoms with E-state index >= 15 is 0 Å². The Labute approximate surface area is 188 Å². The molecule has 1 aromatic heterocycles. The van der Waals surface area contributed by atoms with Gasteiger partial charge in [-0.15, -0.1) is 10.2 Å². The number of ether oxygens (including phenoxy) is 2. The van der Waals surface area contributed by atoms with Crippen molar-refractivity contribution in [1.82, 2.24) is 15.2 Å². The van der Waals surface area contributed by atoms with Crippen LogP contribution in [-0.4, -0.2) is 40.1 Å². The lowest BCUT2D eigenvalue weighted by Gasteiger charge is -2.19. The van der Waals surface area contributed by atoms with Gasteiger partial charge in [0.1, 0.15) is 24.6 Å². The monoisotopic (exact) mass is 442 g/mol. The number of anilines is 1. The predicted octanol–water partition coefficient (Wildman–Crippen LogP) is 4.56. The van der Waals surface area contributed by atoms with Crippen LogP contribution in [0.15, 0.2) is 59.8 Å². The van der Waals surface area contributed by atoms with Crippen LogP contribution in [0.25, 0.3) is 33.3 Å². The molecule has 2 heterocycles. The Bertz CT molecular complexity index is 1370. The average Bonchev–Trinajstić information content (AvgIpc) is 3.14. The molecule has 3 aromatic carbocycles. The number of nitrogens with one attached hydrogen (secondary N) is 1. The van der Waals surface area contributed by atoms with Crippen molar-refractivity contribution in [3.05, 3.63) is 54.6 Å². The number of nitrogens with zero attached hydrogens (tertiary/aromatic N) is 3. The maximum Gasteiger partial charge on any atom is 0.225 e.